The molecular weight excluding hydrogens is 729 g/mol. The molecule has 0 heterocycles. The van der Waals surface area contributed by atoms with Gasteiger partial charge in [-0.3, -0.25) is 18.6 Å². The molecule has 3 atom stereocenters. The van der Waals surface area contributed by atoms with Gasteiger partial charge in [0, 0.05) is 19.4 Å². The fraction of sp³-hybridized carbons (Fsp3) is 0.733. The van der Waals surface area contributed by atoms with Crippen molar-refractivity contribution in [2.45, 2.75) is 187 Å². The summed E-state index contributed by atoms with van der Waals surface area (Å²) in [6.45, 7) is 3.44. The number of phosphoric ester groups is 1. The number of esters is 2. The van der Waals surface area contributed by atoms with E-state index in [0.29, 0.717) is 25.7 Å². The minimum absolute atomic E-state index is 0.0356. The first kappa shape index (κ1) is 53.7. The van der Waals surface area contributed by atoms with E-state index in [1.807, 2.05) is 18.2 Å². The van der Waals surface area contributed by atoms with Crippen molar-refractivity contribution in [3.63, 3.8) is 0 Å². The Morgan fingerprint density at radius 1 is 0.607 bits per heavy atom. The molecule has 324 valence electrons. The van der Waals surface area contributed by atoms with Crippen LogP contribution in [0.1, 0.15) is 174 Å². The Labute approximate surface area is 341 Å². The number of phosphoric acid groups is 1. The van der Waals surface area contributed by atoms with Crippen LogP contribution in [0.4, 0.5) is 0 Å². The first-order valence-corrected chi connectivity index (χ1v) is 23.3. The van der Waals surface area contributed by atoms with Crippen LogP contribution < -0.4 is 5.73 Å². The second kappa shape index (κ2) is 40.9. The SMILES string of the molecule is CCCCCCCC/C=C\CCCCCCCCCC(=O)OC[C@H](COP(=O)(O)OCCN)OC(=O)CCC/C=C\C/C=C\C/C=C\C/C=C\CC(O)CCC. The summed E-state index contributed by atoms with van der Waals surface area (Å²) >= 11 is 0. The van der Waals surface area contributed by atoms with E-state index < -0.39 is 32.5 Å². The lowest BCUT2D eigenvalue weighted by Crippen LogP contribution is -2.29. The number of hydrogen-bond acceptors (Lipinski definition) is 9. The third kappa shape index (κ3) is 39.9. The van der Waals surface area contributed by atoms with Crippen LogP contribution in [-0.2, 0) is 32.7 Å². The highest BCUT2D eigenvalue weighted by Crippen LogP contribution is 2.43. The molecule has 0 fully saturated rings. The summed E-state index contributed by atoms with van der Waals surface area (Å²) in [6.07, 6.45) is 44.6. The molecule has 2 unspecified atom stereocenters. The van der Waals surface area contributed by atoms with E-state index >= 15 is 0 Å². The topological polar surface area (TPSA) is 155 Å². The third-order valence-electron chi connectivity index (χ3n) is 8.93. The molecule has 0 aromatic heterocycles. The zero-order valence-corrected chi connectivity index (χ0v) is 36.1. The molecule has 11 heteroatoms. The first-order chi connectivity index (χ1) is 27.2. The van der Waals surface area contributed by atoms with Gasteiger partial charge in [-0.1, -0.05) is 145 Å². The average molecular weight is 810 g/mol. The van der Waals surface area contributed by atoms with Gasteiger partial charge >= 0.3 is 19.8 Å². The Balaban J connectivity index is 4.28. The summed E-state index contributed by atoms with van der Waals surface area (Å²) in [6, 6.07) is 0. The predicted molar refractivity (Wildman–Crippen MR) is 230 cm³/mol. The molecule has 56 heavy (non-hydrogen) atoms. The molecule has 0 aromatic carbocycles. The van der Waals surface area contributed by atoms with Crippen LogP contribution >= 0.6 is 7.82 Å². The Morgan fingerprint density at radius 2 is 1.11 bits per heavy atom. The first-order valence-electron chi connectivity index (χ1n) is 21.8. The van der Waals surface area contributed by atoms with Crippen LogP contribution in [-0.4, -0.2) is 60.5 Å². The molecule has 10 nitrogen and oxygen atoms in total. The second-order valence-corrected chi connectivity index (χ2v) is 15.8. The van der Waals surface area contributed by atoms with Gasteiger partial charge in [-0.25, -0.2) is 4.57 Å². The highest BCUT2D eigenvalue weighted by Gasteiger charge is 2.26. The maximum atomic E-state index is 12.6. The summed E-state index contributed by atoms with van der Waals surface area (Å²) in [5.74, 6) is -0.922. The zero-order chi connectivity index (χ0) is 41.2. The molecule has 0 amide bonds. The third-order valence-corrected chi connectivity index (χ3v) is 9.92. The van der Waals surface area contributed by atoms with Gasteiger partial charge in [-0.05, 0) is 77.0 Å². The van der Waals surface area contributed by atoms with Crippen molar-refractivity contribution in [1.82, 2.24) is 0 Å². The Bertz CT molecular complexity index is 1120. The van der Waals surface area contributed by atoms with Crippen molar-refractivity contribution in [1.29, 1.82) is 0 Å². The standard InChI is InChI=1S/C45H80NO9P/c1-3-5-6-7-8-9-10-11-12-13-14-17-20-23-26-29-32-36-44(48)52-40-43(41-54-56(50,51)53-39-38-46)55-45(49)37-33-30-27-24-21-18-15-16-19-22-25-28-31-35-42(47)34-4-2/h11-12,15,18-19,22,24,27-28,31,42-43,47H,3-10,13-14,16-17,20-21,23,25-26,29-30,32-41,46H2,1-2H3,(H,50,51)/b12-11-,18-15-,22-19-,27-24-,31-28-/t42?,43-/m1/s1. The van der Waals surface area contributed by atoms with Gasteiger partial charge in [0.25, 0.3) is 0 Å². The summed E-state index contributed by atoms with van der Waals surface area (Å²) in [5.41, 5.74) is 5.34. The molecule has 0 aliphatic rings. The van der Waals surface area contributed by atoms with Crippen molar-refractivity contribution >= 4 is 19.8 Å². The molecule has 0 aliphatic heterocycles. The Hall–Kier alpha value is -2.33. The number of carbonyl (C=O) groups excluding carboxylic acids is 2. The maximum absolute atomic E-state index is 12.6. The van der Waals surface area contributed by atoms with Gasteiger partial charge in [0.2, 0.25) is 0 Å². The molecule has 0 saturated carbocycles. The van der Waals surface area contributed by atoms with Gasteiger partial charge in [-0.15, -0.1) is 0 Å². The smallest absolute Gasteiger partial charge is 0.462 e. The van der Waals surface area contributed by atoms with E-state index in [4.69, 9.17) is 24.3 Å². The van der Waals surface area contributed by atoms with E-state index in [2.05, 4.69) is 56.4 Å². The van der Waals surface area contributed by atoms with E-state index in [1.165, 1.54) is 64.2 Å². The number of aliphatic hydroxyl groups excluding tert-OH is 1. The molecule has 0 spiro atoms. The molecular formula is C45H80NO9P. The second-order valence-electron chi connectivity index (χ2n) is 14.4. The van der Waals surface area contributed by atoms with Crippen LogP contribution in [0.3, 0.4) is 0 Å². The van der Waals surface area contributed by atoms with Gasteiger partial charge in [0.1, 0.15) is 6.61 Å². The van der Waals surface area contributed by atoms with Crippen LogP contribution in [0.5, 0.6) is 0 Å². The van der Waals surface area contributed by atoms with Crippen LogP contribution in [0.25, 0.3) is 0 Å². The predicted octanol–water partition coefficient (Wildman–Crippen LogP) is 11.5. The van der Waals surface area contributed by atoms with Crippen molar-refractivity contribution in [3.8, 4) is 0 Å². The fourth-order valence-electron chi connectivity index (χ4n) is 5.69. The number of rotatable bonds is 40. The summed E-state index contributed by atoms with van der Waals surface area (Å²) in [4.78, 5) is 34.8. The Morgan fingerprint density at radius 3 is 1.70 bits per heavy atom. The molecule has 0 aliphatic carbocycles. The number of hydrogen-bond donors (Lipinski definition) is 3. The zero-order valence-electron chi connectivity index (χ0n) is 35.2. The molecule has 0 rings (SSSR count). The fourth-order valence-corrected chi connectivity index (χ4v) is 6.46. The Kier molecular flexibility index (Phi) is 39.2. The minimum atomic E-state index is -4.40. The minimum Gasteiger partial charge on any atom is -0.462 e. The molecule has 4 N–H and O–H groups in total. The van der Waals surface area contributed by atoms with E-state index in [0.717, 1.165) is 57.8 Å². The van der Waals surface area contributed by atoms with Gasteiger partial charge < -0.3 is 25.2 Å². The largest absolute Gasteiger partial charge is 0.472 e. The molecule has 0 aromatic rings. The van der Waals surface area contributed by atoms with Crippen molar-refractivity contribution in [2.75, 3.05) is 26.4 Å². The highest BCUT2D eigenvalue weighted by atomic mass is 31.2. The number of ether oxygens (including phenoxy) is 2. The summed E-state index contributed by atoms with van der Waals surface area (Å²) in [7, 11) is -4.40. The van der Waals surface area contributed by atoms with Gasteiger partial charge in [0.15, 0.2) is 6.10 Å². The van der Waals surface area contributed by atoms with Crippen LogP contribution in [0.2, 0.25) is 0 Å². The summed E-state index contributed by atoms with van der Waals surface area (Å²) in [5, 5.41) is 9.72. The number of carbonyl (C=O) groups is 2. The maximum Gasteiger partial charge on any atom is 0.472 e. The van der Waals surface area contributed by atoms with Crippen molar-refractivity contribution in [2.24, 2.45) is 5.73 Å². The highest BCUT2D eigenvalue weighted by molar-refractivity contribution is 7.47. The van der Waals surface area contributed by atoms with E-state index in [1.54, 1.807) is 0 Å². The number of aliphatic hydroxyl groups is 1. The lowest BCUT2D eigenvalue weighted by molar-refractivity contribution is -0.161. The molecule has 0 saturated heterocycles. The van der Waals surface area contributed by atoms with Crippen LogP contribution in [0.15, 0.2) is 60.8 Å². The van der Waals surface area contributed by atoms with E-state index in [9.17, 15) is 24.2 Å². The molecule has 0 bridgehead atoms. The van der Waals surface area contributed by atoms with Crippen molar-refractivity contribution in [3.05, 3.63) is 60.8 Å². The van der Waals surface area contributed by atoms with E-state index in [-0.39, 0.29) is 38.7 Å². The quantitative estimate of drug-likeness (QED) is 0.0236. The summed E-state index contributed by atoms with van der Waals surface area (Å²) < 4.78 is 32.7. The number of nitrogens with two attached hydrogens (primary N) is 1. The lowest BCUT2D eigenvalue weighted by atomic mass is 10.1. The van der Waals surface area contributed by atoms with Crippen molar-refractivity contribution < 1.29 is 42.7 Å². The number of unbranched alkanes of at least 4 members (excludes halogenated alkanes) is 14. The molecule has 0 radical (unpaired) electrons. The lowest BCUT2D eigenvalue weighted by Gasteiger charge is -2.19. The monoisotopic (exact) mass is 810 g/mol. The average Bonchev–Trinajstić information content (AvgIpc) is 3.17. The van der Waals surface area contributed by atoms with Gasteiger partial charge in [0.05, 0.1) is 19.3 Å². The normalized spacial score (nSPS) is 14.4. The number of allylic oxidation sites excluding steroid dienone is 9. The van der Waals surface area contributed by atoms with Gasteiger partial charge in [-0.2, -0.15) is 0 Å². The van der Waals surface area contributed by atoms with Crippen LogP contribution in [0, 0.1) is 0 Å².